The summed E-state index contributed by atoms with van der Waals surface area (Å²) in [7, 11) is -3.63. The van der Waals surface area contributed by atoms with Crippen molar-refractivity contribution in [1.29, 1.82) is 0 Å². The molecule has 2 N–H and O–H groups in total. The molecule has 0 radical (unpaired) electrons. The molecule has 0 spiro atoms. The second kappa shape index (κ2) is 9.38. The van der Waals surface area contributed by atoms with Crippen molar-refractivity contribution in [3.8, 4) is 0 Å². The van der Waals surface area contributed by atoms with E-state index in [1.807, 2.05) is 24.3 Å². The molecule has 0 aliphatic carbocycles. The molecule has 3 aromatic rings. The molecule has 0 bridgehead atoms. The average Bonchev–Trinajstić information content (AvgIpc) is 3.05. The smallest absolute Gasteiger partial charge is 0.240 e. The first-order chi connectivity index (χ1) is 14.2. The summed E-state index contributed by atoms with van der Waals surface area (Å²) in [5, 5.41) is 6.53. The number of sulfonamides is 1. The van der Waals surface area contributed by atoms with Crippen LogP contribution in [0.15, 0.2) is 62.4 Å². The second-order valence-electron chi connectivity index (χ2n) is 6.54. The van der Waals surface area contributed by atoms with E-state index in [0.29, 0.717) is 17.1 Å². The van der Waals surface area contributed by atoms with E-state index in [-0.39, 0.29) is 17.3 Å². The summed E-state index contributed by atoms with van der Waals surface area (Å²) in [5.74, 6) is 0.191. The highest BCUT2D eigenvalue weighted by Crippen LogP contribution is 2.23. The molecule has 3 rings (SSSR count). The molecule has 1 heterocycles. The zero-order chi connectivity index (χ0) is 21.7. The number of nitrogens with zero attached hydrogens (tertiary/aromatic N) is 1. The molecule has 1 amide bonds. The van der Waals surface area contributed by atoms with Crippen LogP contribution in [-0.2, 0) is 21.4 Å². The molecule has 30 heavy (non-hydrogen) atoms. The number of nitrogens with one attached hydrogen (secondary N) is 2. The van der Waals surface area contributed by atoms with Gasteiger partial charge in [0, 0.05) is 17.9 Å². The summed E-state index contributed by atoms with van der Waals surface area (Å²) in [4.78, 5) is 11.5. The number of aryl methyl sites for hydroxylation is 1. The normalized spacial score (nSPS) is 11.7. The molecule has 0 aliphatic rings. The Bertz CT molecular complexity index is 1170. The van der Waals surface area contributed by atoms with Crippen molar-refractivity contribution in [3.63, 3.8) is 0 Å². The zero-order valence-corrected chi connectivity index (χ0v) is 18.7. The van der Waals surface area contributed by atoms with Crippen LogP contribution in [0.4, 0.5) is 5.69 Å². The molecule has 0 aliphatic heterocycles. The first-order valence-electron chi connectivity index (χ1n) is 9.01. The van der Waals surface area contributed by atoms with Crippen molar-refractivity contribution in [1.82, 2.24) is 9.88 Å². The Hall–Kier alpha value is -2.75. The van der Waals surface area contributed by atoms with E-state index < -0.39 is 10.0 Å². The van der Waals surface area contributed by atoms with E-state index in [2.05, 4.69) is 31.1 Å². The zero-order valence-electron chi connectivity index (χ0n) is 16.3. The number of anilines is 1. The first kappa shape index (κ1) is 21.9. The highest BCUT2D eigenvalue weighted by molar-refractivity contribution is 9.10. The molecule has 0 unspecified atom stereocenters. The highest BCUT2D eigenvalue weighted by atomic mass is 79.9. The first-order valence-corrected chi connectivity index (χ1v) is 11.3. The van der Waals surface area contributed by atoms with Gasteiger partial charge in [-0.05, 0) is 48.4 Å². The van der Waals surface area contributed by atoms with Gasteiger partial charge in [0.25, 0.3) is 0 Å². The van der Waals surface area contributed by atoms with E-state index in [1.165, 1.54) is 19.1 Å². The SMILES string of the molecule is CC(=O)Nc1c(C)noc1/C=C\c1ccc(S(=O)(=O)NCc2ccc(Br)cc2)cc1. The molecule has 2 aromatic carbocycles. The molecular formula is C21H20BrN3O4S. The van der Waals surface area contributed by atoms with Crippen LogP contribution in [0.2, 0.25) is 0 Å². The van der Waals surface area contributed by atoms with Gasteiger partial charge in [0.05, 0.1) is 4.90 Å². The summed E-state index contributed by atoms with van der Waals surface area (Å²) in [5.41, 5.74) is 2.71. The van der Waals surface area contributed by atoms with Crippen LogP contribution >= 0.6 is 15.9 Å². The summed E-state index contributed by atoms with van der Waals surface area (Å²) in [6.07, 6.45) is 3.41. The van der Waals surface area contributed by atoms with Crippen LogP contribution < -0.4 is 10.0 Å². The maximum Gasteiger partial charge on any atom is 0.240 e. The third-order valence-electron chi connectivity index (χ3n) is 4.19. The molecule has 0 saturated heterocycles. The number of aromatic nitrogens is 1. The van der Waals surface area contributed by atoms with Crippen LogP contribution in [0.25, 0.3) is 12.2 Å². The molecule has 0 fully saturated rings. The predicted molar refractivity (Wildman–Crippen MR) is 119 cm³/mol. The van der Waals surface area contributed by atoms with Crippen molar-refractivity contribution in [3.05, 3.63) is 75.6 Å². The van der Waals surface area contributed by atoms with Gasteiger partial charge >= 0.3 is 0 Å². The summed E-state index contributed by atoms with van der Waals surface area (Å²) >= 11 is 3.35. The number of hydrogen-bond acceptors (Lipinski definition) is 5. The number of benzene rings is 2. The standard InChI is InChI=1S/C21H20BrN3O4S/c1-14-21(24-15(2)26)20(29-25-14)12-7-16-5-10-19(11-6-16)30(27,28)23-13-17-3-8-18(22)9-4-17/h3-12,23H,13H2,1-2H3,(H,24,26)/b12-7-. The van der Waals surface area contributed by atoms with Crippen LogP contribution in [0.1, 0.15) is 29.5 Å². The van der Waals surface area contributed by atoms with E-state index >= 15 is 0 Å². The van der Waals surface area contributed by atoms with Crippen LogP contribution in [0.3, 0.4) is 0 Å². The Kier molecular flexibility index (Phi) is 6.86. The fraction of sp³-hybridized carbons (Fsp3) is 0.143. The Morgan fingerprint density at radius 2 is 1.77 bits per heavy atom. The van der Waals surface area contributed by atoms with Crippen molar-refractivity contribution in [2.75, 3.05) is 5.32 Å². The van der Waals surface area contributed by atoms with Crippen LogP contribution in [-0.4, -0.2) is 19.5 Å². The number of hydrogen-bond donors (Lipinski definition) is 2. The van der Waals surface area contributed by atoms with Gasteiger partial charge in [-0.15, -0.1) is 0 Å². The summed E-state index contributed by atoms with van der Waals surface area (Å²) in [6, 6.07) is 13.9. The fourth-order valence-corrected chi connectivity index (χ4v) is 3.91. The lowest BCUT2D eigenvalue weighted by molar-refractivity contribution is -0.114. The monoisotopic (exact) mass is 489 g/mol. The molecule has 7 nitrogen and oxygen atoms in total. The van der Waals surface area contributed by atoms with Gasteiger partial charge in [-0.2, -0.15) is 0 Å². The van der Waals surface area contributed by atoms with Gasteiger partial charge in [0.1, 0.15) is 11.4 Å². The van der Waals surface area contributed by atoms with Gasteiger partial charge in [-0.1, -0.05) is 51.4 Å². The van der Waals surface area contributed by atoms with Crippen molar-refractivity contribution >= 4 is 49.7 Å². The number of carbonyl (C=O) groups is 1. The van der Waals surface area contributed by atoms with Crippen molar-refractivity contribution in [2.24, 2.45) is 0 Å². The molecule has 9 heteroatoms. The quantitative estimate of drug-likeness (QED) is 0.513. The minimum absolute atomic E-state index is 0.172. The second-order valence-corrected chi connectivity index (χ2v) is 9.22. The Morgan fingerprint density at radius 1 is 1.10 bits per heavy atom. The number of amides is 1. The lowest BCUT2D eigenvalue weighted by Crippen LogP contribution is -2.23. The Balaban J connectivity index is 1.69. The number of rotatable bonds is 7. The Morgan fingerprint density at radius 3 is 2.40 bits per heavy atom. The van der Waals surface area contributed by atoms with E-state index in [1.54, 1.807) is 31.2 Å². The minimum Gasteiger partial charge on any atom is -0.354 e. The van der Waals surface area contributed by atoms with Gasteiger partial charge in [-0.3, -0.25) is 4.79 Å². The van der Waals surface area contributed by atoms with Crippen molar-refractivity contribution in [2.45, 2.75) is 25.3 Å². The topological polar surface area (TPSA) is 101 Å². The lowest BCUT2D eigenvalue weighted by atomic mass is 10.2. The van der Waals surface area contributed by atoms with Gasteiger partial charge in [0.15, 0.2) is 5.76 Å². The lowest BCUT2D eigenvalue weighted by Gasteiger charge is -2.07. The van der Waals surface area contributed by atoms with Gasteiger partial charge in [-0.25, -0.2) is 13.1 Å². The van der Waals surface area contributed by atoms with Crippen LogP contribution in [0, 0.1) is 6.92 Å². The fourth-order valence-electron chi connectivity index (χ4n) is 2.62. The highest BCUT2D eigenvalue weighted by Gasteiger charge is 2.14. The third-order valence-corrected chi connectivity index (χ3v) is 6.13. The molecular weight excluding hydrogens is 470 g/mol. The maximum atomic E-state index is 12.5. The largest absolute Gasteiger partial charge is 0.354 e. The van der Waals surface area contributed by atoms with E-state index in [4.69, 9.17) is 4.52 Å². The summed E-state index contributed by atoms with van der Waals surface area (Å²) in [6.45, 7) is 3.34. The predicted octanol–water partition coefficient (Wildman–Crippen LogP) is 4.35. The van der Waals surface area contributed by atoms with E-state index in [9.17, 15) is 13.2 Å². The van der Waals surface area contributed by atoms with Gasteiger partial charge < -0.3 is 9.84 Å². The molecule has 1 aromatic heterocycles. The number of halogens is 1. The minimum atomic E-state index is -3.63. The molecule has 0 saturated carbocycles. The third kappa shape index (κ3) is 5.65. The number of carbonyl (C=O) groups excluding carboxylic acids is 1. The molecule has 156 valence electrons. The van der Waals surface area contributed by atoms with Crippen molar-refractivity contribution < 1.29 is 17.7 Å². The summed E-state index contributed by atoms with van der Waals surface area (Å²) < 4.78 is 33.8. The van der Waals surface area contributed by atoms with E-state index in [0.717, 1.165) is 15.6 Å². The van der Waals surface area contributed by atoms with Gasteiger partial charge in [0.2, 0.25) is 15.9 Å². The Labute approximate surface area is 183 Å². The molecule has 0 atom stereocenters. The maximum absolute atomic E-state index is 12.5. The average molecular weight is 490 g/mol. The van der Waals surface area contributed by atoms with Crippen LogP contribution in [0.5, 0.6) is 0 Å².